The molecule has 0 spiro atoms. The highest BCUT2D eigenvalue weighted by Gasteiger charge is 2.46. The van der Waals surface area contributed by atoms with E-state index in [1.54, 1.807) is 19.1 Å². The first-order chi connectivity index (χ1) is 6.68. The Kier molecular flexibility index (Phi) is 2.17. The van der Waals surface area contributed by atoms with Gasteiger partial charge in [0.1, 0.15) is 11.2 Å². The Morgan fingerprint density at radius 3 is 2.64 bits per heavy atom. The van der Waals surface area contributed by atoms with Gasteiger partial charge in [-0.25, -0.2) is 0 Å². The van der Waals surface area contributed by atoms with Gasteiger partial charge in [0.25, 0.3) is 0 Å². The Labute approximate surface area is 81.5 Å². The van der Waals surface area contributed by atoms with Crippen LogP contribution < -0.4 is 0 Å². The normalized spacial score (nSPS) is 19.0. The first-order valence-electron chi connectivity index (χ1n) is 4.48. The van der Waals surface area contributed by atoms with Crippen molar-refractivity contribution < 1.29 is 19.1 Å². The third-order valence-electron chi connectivity index (χ3n) is 2.51. The summed E-state index contributed by atoms with van der Waals surface area (Å²) >= 11 is 0. The lowest BCUT2D eigenvalue weighted by Crippen LogP contribution is -2.51. The van der Waals surface area contributed by atoms with Gasteiger partial charge in [-0.15, -0.1) is 0 Å². The number of carbonyl (C=O) groups excluding carboxylic acids is 1. The molecule has 0 aliphatic carbocycles. The number of aryl methyl sites for hydroxylation is 1. The monoisotopic (exact) mass is 196 g/mol. The lowest BCUT2D eigenvalue weighted by molar-refractivity contribution is -0.110. The van der Waals surface area contributed by atoms with E-state index in [0.717, 1.165) is 0 Å². The van der Waals surface area contributed by atoms with E-state index in [1.807, 2.05) is 0 Å². The minimum atomic E-state index is -0.760. The zero-order chi connectivity index (χ0) is 10.2. The summed E-state index contributed by atoms with van der Waals surface area (Å²) < 4.78 is 10.2. The molecule has 0 amide bonds. The number of aliphatic hydroxyl groups is 1. The standard InChI is InChI=1S/C10H12O4/c1-7-2-3-8(14-7)9(12)10(4-11)5-13-6-10/h2-3,11H,4-6H2,1H3. The highest BCUT2D eigenvalue weighted by Crippen LogP contribution is 2.31. The largest absolute Gasteiger partial charge is 0.458 e. The minimum absolute atomic E-state index is 0.167. The molecule has 0 bridgehead atoms. The molecular formula is C10H12O4. The summed E-state index contributed by atoms with van der Waals surface area (Å²) in [5, 5.41) is 9.13. The molecule has 1 fully saturated rings. The summed E-state index contributed by atoms with van der Waals surface area (Å²) in [7, 11) is 0. The van der Waals surface area contributed by atoms with Crippen LogP contribution in [-0.2, 0) is 4.74 Å². The van der Waals surface area contributed by atoms with Gasteiger partial charge in [-0.1, -0.05) is 0 Å². The Bertz CT molecular complexity index is 343. The van der Waals surface area contributed by atoms with Gasteiger partial charge in [-0.05, 0) is 19.1 Å². The first kappa shape index (κ1) is 9.43. The zero-order valence-electron chi connectivity index (χ0n) is 7.95. The topological polar surface area (TPSA) is 59.7 Å². The van der Waals surface area contributed by atoms with Gasteiger partial charge >= 0.3 is 0 Å². The van der Waals surface area contributed by atoms with Crippen LogP contribution in [-0.4, -0.2) is 30.7 Å². The molecule has 76 valence electrons. The number of carbonyl (C=O) groups is 1. The highest BCUT2D eigenvalue weighted by molar-refractivity contribution is 5.99. The molecule has 0 aromatic carbocycles. The van der Waals surface area contributed by atoms with Gasteiger partial charge in [0.2, 0.25) is 5.78 Å². The van der Waals surface area contributed by atoms with E-state index in [0.29, 0.717) is 11.5 Å². The average Bonchev–Trinajstić information content (AvgIpc) is 2.50. The van der Waals surface area contributed by atoms with Crippen LogP contribution in [0.5, 0.6) is 0 Å². The number of rotatable bonds is 3. The lowest BCUT2D eigenvalue weighted by Gasteiger charge is -2.37. The third kappa shape index (κ3) is 1.27. The van der Waals surface area contributed by atoms with Crippen LogP contribution in [0.4, 0.5) is 0 Å². The predicted molar refractivity (Wildman–Crippen MR) is 48.1 cm³/mol. The molecule has 1 aliphatic rings. The van der Waals surface area contributed by atoms with E-state index in [2.05, 4.69) is 0 Å². The third-order valence-corrected chi connectivity index (χ3v) is 2.51. The minimum Gasteiger partial charge on any atom is -0.458 e. The van der Waals surface area contributed by atoms with E-state index in [9.17, 15) is 4.79 Å². The summed E-state index contributed by atoms with van der Waals surface area (Å²) in [5.74, 6) is 0.834. The Morgan fingerprint density at radius 2 is 2.29 bits per heavy atom. The molecule has 0 unspecified atom stereocenters. The van der Waals surface area contributed by atoms with Crippen molar-refractivity contribution in [3.8, 4) is 0 Å². The van der Waals surface area contributed by atoms with Crippen LogP contribution in [0.3, 0.4) is 0 Å². The maximum Gasteiger partial charge on any atom is 0.211 e. The van der Waals surface area contributed by atoms with Gasteiger partial charge < -0.3 is 14.3 Å². The Hall–Kier alpha value is -1.13. The van der Waals surface area contributed by atoms with Crippen molar-refractivity contribution in [3.05, 3.63) is 23.7 Å². The molecule has 1 saturated heterocycles. The maximum atomic E-state index is 11.9. The van der Waals surface area contributed by atoms with Crippen LogP contribution in [0.25, 0.3) is 0 Å². The van der Waals surface area contributed by atoms with E-state index >= 15 is 0 Å². The number of ether oxygens (including phenoxy) is 1. The quantitative estimate of drug-likeness (QED) is 0.726. The van der Waals surface area contributed by atoms with Crippen LogP contribution in [0, 0.1) is 12.3 Å². The molecule has 4 nitrogen and oxygen atoms in total. The molecule has 1 N–H and O–H groups in total. The number of Topliss-reactive ketones (excluding diaryl/α,β-unsaturated/α-hetero) is 1. The first-order valence-corrected chi connectivity index (χ1v) is 4.48. The van der Waals surface area contributed by atoms with Gasteiger partial charge in [0.15, 0.2) is 5.76 Å². The molecule has 1 aromatic heterocycles. The molecular weight excluding hydrogens is 184 g/mol. The summed E-state index contributed by atoms with van der Waals surface area (Å²) in [4.78, 5) is 11.9. The zero-order valence-corrected chi connectivity index (χ0v) is 7.95. The fourth-order valence-electron chi connectivity index (χ4n) is 1.46. The molecule has 14 heavy (non-hydrogen) atoms. The number of aliphatic hydroxyl groups excluding tert-OH is 1. The number of furan rings is 1. The molecule has 4 heteroatoms. The Balaban J connectivity index is 2.23. The molecule has 2 rings (SSSR count). The predicted octanol–water partition coefficient (Wildman–Crippen LogP) is 0.780. The van der Waals surface area contributed by atoms with Crippen molar-refractivity contribution in [2.75, 3.05) is 19.8 Å². The summed E-state index contributed by atoms with van der Waals surface area (Å²) in [6, 6.07) is 3.37. The molecule has 0 radical (unpaired) electrons. The molecule has 0 saturated carbocycles. The van der Waals surface area contributed by atoms with Gasteiger partial charge in [0.05, 0.1) is 19.8 Å². The summed E-state index contributed by atoms with van der Waals surface area (Å²) in [6.07, 6.45) is 0. The van der Waals surface area contributed by atoms with E-state index in [4.69, 9.17) is 14.3 Å². The van der Waals surface area contributed by atoms with Crippen LogP contribution >= 0.6 is 0 Å². The van der Waals surface area contributed by atoms with Gasteiger partial charge in [-0.3, -0.25) is 4.79 Å². The van der Waals surface area contributed by atoms with Crippen molar-refractivity contribution >= 4 is 5.78 Å². The SMILES string of the molecule is Cc1ccc(C(=O)C2(CO)COC2)o1. The van der Waals surface area contributed by atoms with Crippen molar-refractivity contribution in [3.63, 3.8) is 0 Å². The number of hydrogen-bond acceptors (Lipinski definition) is 4. The number of hydrogen-bond donors (Lipinski definition) is 1. The summed E-state index contributed by atoms with van der Waals surface area (Å²) in [5.41, 5.74) is -0.760. The second-order valence-electron chi connectivity index (χ2n) is 3.67. The molecule has 1 aliphatic heterocycles. The second kappa shape index (κ2) is 3.22. The molecule has 2 heterocycles. The smallest absolute Gasteiger partial charge is 0.211 e. The van der Waals surface area contributed by atoms with Crippen molar-refractivity contribution in [1.82, 2.24) is 0 Å². The van der Waals surface area contributed by atoms with Crippen LogP contribution in [0.1, 0.15) is 16.3 Å². The van der Waals surface area contributed by atoms with Gasteiger partial charge in [-0.2, -0.15) is 0 Å². The van der Waals surface area contributed by atoms with Gasteiger partial charge in [0, 0.05) is 0 Å². The summed E-state index contributed by atoms with van der Waals surface area (Å²) in [6.45, 7) is 2.15. The van der Waals surface area contributed by atoms with E-state index in [-0.39, 0.29) is 25.6 Å². The van der Waals surface area contributed by atoms with E-state index in [1.165, 1.54) is 0 Å². The Morgan fingerprint density at radius 1 is 1.57 bits per heavy atom. The fourth-order valence-corrected chi connectivity index (χ4v) is 1.46. The lowest BCUT2D eigenvalue weighted by atomic mass is 9.81. The maximum absolute atomic E-state index is 11.9. The highest BCUT2D eigenvalue weighted by atomic mass is 16.5. The van der Waals surface area contributed by atoms with E-state index < -0.39 is 5.41 Å². The fraction of sp³-hybridized carbons (Fsp3) is 0.500. The second-order valence-corrected chi connectivity index (χ2v) is 3.67. The van der Waals surface area contributed by atoms with Crippen molar-refractivity contribution in [2.24, 2.45) is 5.41 Å². The van der Waals surface area contributed by atoms with Crippen LogP contribution in [0.15, 0.2) is 16.5 Å². The van der Waals surface area contributed by atoms with Crippen molar-refractivity contribution in [1.29, 1.82) is 0 Å². The number of ketones is 1. The van der Waals surface area contributed by atoms with Crippen molar-refractivity contribution in [2.45, 2.75) is 6.92 Å². The average molecular weight is 196 g/mol. The van der Waals surface area contributed by atoms with Crippen LogP contribution in [0.2, 0.25) is 0 Å². The molecule has 0 atom stereocenters. The molecule has 1 aromatic rings.